The van der Waals surface area contributed by atoms with Crippen molar-refractivity contribution in [1.82, 2.24) is 25.8 Å². The standard InChI is InChI=1S/C17H25N5O4/c1-10-17(21-26-20-10)25-6-5-19-16(24)15-12-7-11(8-18-9-12)13-3-2-4-14(23)22(13)15/h11-13,15,18H,2-9H2,1H3,(H,19,24)/t11-,12+,13+,15-/m1/s1. The lowest BCUT2D eigenvalue weighted by atomic mass is 9.72. The summed E-state index contributed by atoms with van der Waals surface area (Å²) in [5, 5.41) is 13.7. The molecule has 2 N–H and O–H groups in total. The highest BCUT2D eigenvalue weighted by Gasteiger charge is 2.50. The van der Waals surface area contributed by atoms with Crippen LogP contribution in [0, 0.1) is 18.8 Å². The molecule has 2 amide bonds. The molecule has 2 bridgehead atoms. The first kappa shape index (κ1) is 17.3. The molecule has 3 fully saturated rings. The average molecular weight is 363 g/mol. The molecule has 4 heterocycles. The summed E-state index contributed by atoms with van der Waals surface area (Å²) in [6.45, 7) is 4.08. The Balaban J connectivity index is 1.38. The van der Waals surface area contributed by atoms with Crippen molar-refractivity contribution in [1.29, 1.82) is 0 Å². The Hall–Kier alpha value is -2.16. The summed E-state index contributed by atoms with van der Waals surface area (Å²) in [4.78, 5) is 27.4. The molecule has 3 aliphatic rings. The van der Waals surface area contributed by atoms with E-state index in [2.05, 4.69) is 25.6 Å². The maximum Gasteiger partial charge on any atom is 0.278 e. The van der Waals surface area contributed by atoms with Gasteiger partial charge in [-0.15, -0.1) is 0 Å². The van der Waals surface area contributed by atoms with Crippen LogP contribution in [-0.2, 0) is 9.59 Å². The van der Waals surface area contributed by atoms with Crippen molar-refractivity contribution in [2.75, 3.05) is 26.2 Å². The molecule has 0 aliphatic carbocycles. The van der Waals surface area contributed by atoms with Crippen LogP contribution >= 0.6 is 0 Å². The minimum absolute atomic E-state index is 0.0870. The quantitative estimate of drug-likeness (QED) is 0.701. The first-order valence-corrected chi connectivity index (χ1v) is 9.36. The second kappa shape index (κ2) is 7.22. The van der Waals surface area contributed by atoms with Gasteiger partial charge in [-0.3, -0.25) is 9.59 Å². The lowest BCUT2D eigenvalue weighted by Gasteiger charge is -2.53. The van der Waals surface area contributed by atoms with E-state index in [0.717, 1.165) is 32.4 Å². The molecule has 26 heavy (non-hydrogen) atoms. The van der Waals surface area contributed by atoms with Gasteiger partial charge in [0.2, 0.25) is 11.8 Å². The number of hydrogen-bond acceptors (Lipinski definition) is 7. The van der Waals surface area contributed by atoms with Gasteiger partial charge in [-0.05, 0) is 43.8 Å². The number of rotatable bonds is 5. The largest absolute Gasteiger partial charge is 0.472 e. The number of ether oxygens (including phenoxy) is 1. The topological polar surface area (TPSA) is 110 Å². The van der Waals surface area contributed by atoms with Crippen LogP contribution in [0.5, 0.6) is 5.88 Å². The molecule has 4 rings (SSSR count). The van der Waals surface area contributed by atoms with Crippen LogP contribution < -0.4 is 15.4 Å². The monoisotopic (exact) mass is 363 g/mol. The summed E-state index contributed by atoms with van der Waals surface area (Å²) in [5.41, 5.74) is 0.574. The van der Waals surface area contributed by atoms with E-state index in [0.29, 0.717) is 30.5 Å². The number of amides is 2. The smallest absolute Gasteiger partial charge is 0.278 e. The maximum atomic E-state index is 12.9. The van der Waals surface area contributed by atoms with Gasteiger partial charge in [-0.2, -0.15) is 0 Å². The first-order chi connectivity index (χ1) is 12.6. The van der Waals surface area contributed by atoms with Crippen LogP contribution in [0.4, 0.5) is 0 Å². The van der Waals surface area contributed by atoms with Gasteiger partial charge in [-0.25, -0.2) is 4.63 Å². The van der Waals surface area contributed by atoms with Gasteiger partial charge in [0.15, 0.2) is 0 Å². The number of hydrogen-bond donors (Lipinski definition) is 2. The van der Waals surface area contributed by atoms with E-state index in [1.54, 1.807) is 6.92 Å². The van der Waals surface area contributed by atoms with Crippen LogP contribution in [0.3, 0.4) is 0 Å². The summed E-state index contributed by atoms with van der Waals surface area (Å²) in [7, 11) is 0. The molecular weight excluding hydrogens is 338 g/mol. The number of carbonyl (C=O) groups is 2. The molecule has 0 aromatic carbocycles. The number of aromatic nitrogens is 2. The van der Waals surface area contributed by atoms with Crippen LogP contribution in [0.2, 0.25) is 0 Å². The molecule has 142 valence electrons. The number of piperidine rings is 3. The van der Waals surface area contributed by atoms with Crippen molar-refractivity contribution < 1.29 is 19.0 Å². The van der Waals surface area contributed by atoms with E-state index in [-0.39, 0.29) is 36.4 Å². The first-order valence-electron chi connectivity index (χ1n) is 9.36. The Bertz CT molecular complexity index is 678. The number of nitrogens with zero attached hydrogens (tertiary/aromatic N) is 3. The molecule has 0 saturated carbocycles. The van der Waals surface area contributed by atoms with Crippen molar-refractivity contribution in [3.8, 4) is 5.88 Å². The minimum Gasteiger partial charge on any atom is -0.472 e. The molecule has 0 unspecified atom stereocenters. The SMILES string of the molecule is Cc1nonc1OCCNC(=O)[C@H]1[C@@H]2CNC[C@@H](C2)[C@@H]2CCCC(=O)N21. The zero-order valence-electron chi connectivity index (χ0n) is 14.9. The third-order valence-electron chi connectivity index (χ3n) is 5.76. The summed E-state index contributed by atoms with van der Waals surface area (Å²) >= 11 is 0. The lowest BCUT2D eigenvalue weighted by molar-refractivity contribution is -0.157. The van der Waals surface area contributed by atoms with E-state index < -0.39 is 0 Å². The Kier molecular flexibility index (Phi) is 4.80. The van der Waals surface area contributed by atoms with Gasteiger partial charge < -0.3 is 20.3 Å². The van der Waals surface area contributed by atoms with Crippen LogP contribution in [-0.4, -0.2) is 65.4 Å². The predicted octanol–water partition coefficient (Wildman–Crippen LogP) is -0.138. The number of nitrogens with one attached hydrogen (secondary N) is 2. The van der Waals surface area contributed by atoms with Crippen molar-refractivity contribution in [2.45, 2.75) is 44.7 Å². The molecule has 3 saturated heterocycles. The lowest BCUT2D eigenvalue weighted by Crippen LogP contribution is -2.68. The van der Waals surface area contributed by atoms with Crippen LogP contribution in [0.1, 0.15) is 31.4 Å². The van der Waals surface area contributed by atoms with Gasteiger partial charge >= 0.3 is 0 Å². The minimum atomic E-state index is -0.382. The second-order valence-electron chi connectivity index (χ2n) is 7.41. The Morgan fingerprint density at radius 3 is 3.04 bits per heavy atom. The number of aryl methyl sites for hydroxylation is 1. The van der Waals surface area contributed by atoms with E-state index in [1.807, 2.05) is 4.90 Å². The van der Waals surface area contributed by atoms with E-state index in [1.165, 1.54) is 0 Å². The van der Waals surface area contributed by atoms with Crippen molar-refractivity contribution in [3.05, 3.63) is 5.69 Å². The fourth-order valence-corrected chi connectivity index (χ4v) is 4.63. The highest BCUT2D eigenvalue weighted by Crippen LogP contribution is 2.39. The van der Waals surface area contributed by atoms with Crippen molar-refractivity contribution >= 4 is 11.8 Å². The summed E-state index contributed by atoms with van der Waals surface area (Å²) in [6, 6.07) is -0.191. The van der Waals surface area contributed by atoms with E-state index in [4.69, 9.17) is 4.74 Å². The zero-order chi connectivity index (χ0) is 18.1. The molecule has 1 aromatic heterocycles. The molecule has 9 nitrogen and oxygen atoms in total. The molecule has 3 aliphatic heterocycles. The van der Waals surface area contributed by atoms with Gasteiger partial charge in [0.25, 0.3) is 5.88 Å². The third kappa shape index (κ3) is 3.15. The Morgan fingerprint density at radius 1 is 1.38 bits per heavy atom. The van der Waals surface area contributed by atoms with E-state index in [9.17, 15) is 9.59 Å². The zero-order valence-corrected chi connectivity index (χ0v) is 14.9. The molecule has 0 radical (unpaired) electrons. The Labute approximate surface area is 151 Å². The fraction of sp³-hybridized carbons (Fsp3) is 0.765. The Morgan fingerprint density at radius 2 is 2.23 bits per heavy atom. The molecular formula is C17H25N5O4. The second-order valence-corrected chi connectivity index (χ2v) is 7.41. The summed E-state index contributed by atoms with van der Waals surface area (Å²) in [6.07, 6.45) is 3.49. The number of carbonyl (C=O) groups excluding carboxylic acids is 2. The van der Waals surface area contributed by atoms with Gasteiger partial charge in [-0.1, -0.05) is 5.16 Å². The summed E-state index contributed by atoms with van der Waals surface area (Å²) < 4.78 is 10.0. The molecule has 9 heteroatoms. The predicted molar refractivity (Wildman–Crippen MR) is 90.3 cm³/mol. The average Bonchev–Trinajstić information content (AvgIpc) is 3.05. The molecule has 1 aromatic rings. The molecule has 0 spiro atoms. The summed E-state index contributed by atoms with van der Waals surface area (Å²) in [5.74, 6) is 1.01. The maximum absolute atomic E-state index is 12.9. The van der Waals surface area contributed by atoms with Crippen molar-refractivity contribution in [3.63, 3.8) is 0 Å². The van der Waals surface area contributed by atoms with Gasteiger partial charge in [0.1, 0.15) is 18.3 Å². The van der Waals surface area contributed by atoms with Crippen molar-refractivity contribution in [2.24, 2.45) is 11.8 Å². The normalized spacial score (nSPS) is 30.7. The van der Waals surface area contributed by atoms with Crippen LogP contribution in [0.15, 0.2) is 4.63 Å². The number of fused-ring (bicyclic) bond motifs is 4. The fourth-order valence-electron chi connectivity index (χ4n) is 4.63. The van der Waals surface area contributed by atoms with Crippen LogP contribution in [0.25, 0.3) is 0 Å². The van der Waals surface area contributed by atoms with Gasteiger partial charge in [0.05, 0.1) is 6.54 Å². The van der Waals surface area contributed by atoms with E-state index >= 15 is 0 Å². The highest BCUT2D eigenvalue weighted by molar-refractivity contribution is 5.89. The van der Waals surface area contributed by atoms with Gasteiger partial charge in [0, 0.05) is 24.9 Å². The highest BCUT2D eigenvalue weighted by atomic mass is 16.6. The third-order valence-corrected chi connectivity index (χ3v) is 5.76. The molecule has 4 atom stereocenters.